The Bertz CT molecular complexity index is 400. The molecule has 0 fully saturated rings. The van der Waals surface area contributed by atoms with Crippen molar-refractivity contribution in [3.63, 3.8) is 0 Å². The van der Waals surface area contributed by atoms with Gasteiger partial charge in [0.2, 0.25) is 0 Å². The Labute approximate surface area is 108 Å². The monoisotopic (exact) mass is 354 g/mol. The molecule has 6 nitrogen and oxygen atoms in total. The molecule has 17 heavy (non-hydrogen) atoms. The van der Waals surface area contributed by atoms with Crippen molar-refractivity contribution >= 4 is 32.6 Å². The van der Waals surface area contributed by atoms with Crippen LogP contribution in [0.2, 0.25) is 0 Å². The number of carbonyl (C=O) groups excluding carboxylic acids is 2. The summed E-state index contributed by atoms with van der Waals surface area (Å²) in [7, 11) is 0. The third kappa shape index (κ3) is 4.33. The fourth-order valence-electron chi connectivity index (χ4n) is 0.979. The Kier molecular flexibility index (Phi) is 4.91. The van der Waals surface area contributed by atoms with Gasteiger partial charge in [-0.25, -0.2) is 0 Å². The summed E-state index contributed by atoms with van der Waals surface area (Å²) in [6.45, 7) is 6.54. The molecular weight excluding hydrogens is 339 g/mol. The average molecular weight is 354 g/mol. The molecule has 96 valence electrons. The van der Waals surface area contributed by atoms with Gasteiger partial charge >= 0.3 is 108 Å². The van der Waals surface area contributed by atoms with E-state index in [1.165, 1.54) is 13.8 Å². The van der Waals surface area contributed by atoms with Crippen LogP contribution >= 0.6 is 20.6 Å². The Morgan fingerprint density at radius 3 is 2.18 bits per heavy atom. The quantitative estimate of drug-likeness (QED) is 0.775. The van der Waals surface area contributed by atoms with E-state index in [-0.39, 0.29) is 6.04 Å². The zero-order valence-corrected chi connectivity index (χ0v) is 12.3. The molecule has 0 atom stereocenters. The second kappa shape index (κ2) is 5.99. The third-order valence-electron chi connectivity index (χ3n) is 1.63. The maximum absolute atomic E-state index is 10.9. The van der Waals surface area contributed by atoms with Crippen LogP contribution in [0.5, 0.6) is 0 Å². The zero-order chi connectivity index (χ0) is 13.0. The molecule has 0 saturated heterocycles. The van der Waals surface area contributed by atoms with Crippen molar-refractivity contribution in [1.29, 1.82) is 0 Å². The van der Waals surface area contributed by atoms with E-state index in [9.17, 15) is 9.59 Å². The van der Waals surface area contributed by atoms with Gasteiger partial charge in [-0.1, -0.05) is 0 Å². The summed E-state index contributed by atoms with van der Waals surface area (Å²) in [6.07, 6.45) is 3.33. The van der Waals surface area contributed by atoms with Crippen molar-refractivity contribution in [3.8, 4) is 0 Å². The SMILES string of the molecule is CC(=O)OI(OC(C)=O)c1cnn(C(C)C)c1. The summed E-state index contributed by atoms with van der Waals surface area (Å²) in [5.74, 6) is -0.900. The first kappa shape index (κ1) is 13.9. The maximum atomic E-state index is 10.9. The molecule has 0 aromatic carbocycles. The minimum absolute atomic E-state index is 0.205. The summed E-state index contributed by atoms with van der Waals surface area (Å²) in [4.78, 5) is 21.9. The number of carbonyl (C=O) groups is 2. The minimum atomic E-state index is -2.70. The summed E-state index contributed by atoms with van der Waals surface area (Å²) in [5, 5.41) is 4.12. The van der Waals surface area contributed by atoms with Crippen molar-refractivity contribution in [3.05, 3.63) is 16.0 Å². The van der Waals surface area contributed by atoms with E-state index in [0.717, 1.165) is 0 Å². The Balaban J connectivity index is 2.87. The first-order chi connectivity index (χ1) is 7.90. The van der Waals surface area contributed by atoms with Gasteiger partial charge in [0.05, 0.1) is 0 Å². The number of halogens is 1. The van der Waals surface area contributed by atoms with Crippen molar-refractivity contribution in [2.24, 2.45) is 0 Å². The second-order valence-electron chi connectivity index (χ2n) is 3.59. The molecule has 0 radical (unpaired) electrons. The molecule has 1 aromatic rings. The normalized spacial score (nSPS) is 11.2. The van der Waals surface area contributed by atoms with E-state index in [0.29, 0.717) is 3.57 Å². The molecule has 7 heteroatoms. The summed E-state index contributed by atoms with van der Waals surface area (Å²) in [6, 6.07) is 0.205. The number of hydrogen-bond donors (Lipinski definition) is 0. The second-order valence-corrected chi connectivity index (χ2v) is 6.95. The van der Waals surface area contributed by atoms with E-state index in [2.05, 4.69) is 5.10 Å². The van der Waals surface area contributed by atoms with E-state index >= 15 is 0 Å². The molecule has 1 heterocycles. The van der Waals surface area contributed by atoms with Gasteiger partial charge in [-0.15, -0.1) is 0 Å². The molecule has 1 rings (SSSR count). The molecule has 0 N–H and O–H groups in total. The molecule has 0 amide bonds. The molecule has 0 aliphatic carbocycles. The van der Waals surface area contributed by atoms with Crippen molar-refractivity contribution in [2.45, 2.75) is 33.7 Å². The first-order valence-electron chi connectivity index (χ1n) is 5.02. The van der Waals surface area contributed by atoms with Crippen molar-refractivity contribution in [1.82, 2.24) is 9.78 Å². The molecule has 0 saturated carbocycles. The molecule has 0 unspecified atom stereocenters. The predicted molar refractivity (Wildman–Crippen MR) is 68.9 cm³/mol. The van der Waals surface area contributed by atoms with Crippen molar-refractivity contribution in [2.75, 3.05) is 0 Å². The Hall–Kier alpha value is -1.12. The van der Waals surface area contributed by atoms with Crippen LogP contribution in [0.3, 0.4) is 0 Å². The van der Waals surface area contributed by atoms with E-state index in [4.69, 9.17) is 6.13 Å². The zero-order valence-electron chi connectivity index (χ0n) is 10.1. The van der Waals surface area contributed by atoms with Gasteiger partial charge in [0.25, 0.3) is 0 Å². The van der Waals surface area contributed by atoms with E-state index in [1.54, 1.807) is 17.1 Å². The van der Waals surface area contributed by atoms with Crippen LogP contribution in [0.4, 0.5) is 0 Å². The summed E-state index contributed by atoms with van der Waals surface area (Å²) < 4.78 is 12.5. The number of hydrogen-bond acceptors (Lipinski definition) is 5. The van der Waals surface area contributed by atoms with Crippen LogP contribution < -0.4 is 0 Å². The number of rotatable bonds is 4. The Morgan fingerprint density at radius 1 is 1.29 bits per heavy atom. The van der Waals surface area contributed by atoms with Crippen LogP contribution in [0.25, 0.3) is 0 Å². The Morgan fingerprint density at radius 2 is 1.82 bits per heavy atom. The number of aromatic nitrogens is 2. The molecule has 0 aliphatic heterocycles. The van der Waals surface area contributed by atoms with Gasteiger partial charge in [-0.05, 0) is 0 Å². The van der Waals surface area contributed by atoms with E-state index < -0.39 is 32.6 Å². The van der Waals surface area contributed by atoms with Gasteiger partial charge in [-0.3, -0.25) is 0 Å². The molecule has 0 bridgehead atoms. The average Bonchev–Trinajstić information content (AvgIpc) is 2.63. The van der Waals surface area contributed by atoms with Crippen LogP contribution in [-0.2, 0) is 15.7 Å². The van der Waals surface area contributed by atoms with Crippen LogP contribution in [0, 0.1) is 3.57 Å². The van der Waals surface area contributed by atoms with Crippen LogP contribution in [0.1, 0.15) is 33.7 Å². The van der Waals surface area contributed by atoms with Crippen molar-refractivity contribution < 1.29 is 15.7 Å². The fourth-order valence-corrected chi connectivity index (χ4v) is 3.57. The molecular formula is C10H15IN2O4. The summed E-state index contributed by atoms with van der Waals surface area (Å²) in [5.41, 5.74) is 0. The van der Waals surface area contributed by atoms with Crippen LogP contribution in [0.15, 0.2) is 12.4 Å². The molecule has 0 aliphatic rings. The fraction of sp³-hybridized carbons (Fsp3) is 0.500. The van der Waals surface area contributed by atoms with Gasteiger partial charge in [0.1, 0.15) is 0 Å². The summed E-state index contributed by atoms with van der Waals surface area (Å²) >= 11 is -2.70. The van der Waals surface area contributed by atoms with Gasteiger partial charge in [0, 0.05) is 0 Å². The van der Waals surface area contributed by atoms with E-state index in [1.807, 2.05) is 13.8 Å². The third-order valence-corrected chi connectivity index (χ3v) is 5.25. The van der Waals surface area contributed by atoms with Crippen LogP contribution in [-0.4, -0.2) is 21.7 Å². The first-order valence-corrected chi connectivity index (χ1v) is 7.86. The number of nitrogens with zero attached hydrogens (tertiary/aromatic N) is 2. The van der Waals surface area contributed by atoms with Gasteiger partial charge < -0.3 is 0 Å². The van der Waals surface area contributed by atoms with Gasteiger partial charge in [0.15, 0.2) is 0 Å². The molecule has 0 spiro atoms. The standard InChI is InChI=1S/C10H15IN2O4/c1-7(2)13-6-10(5-12-13)11(16-8(3)14)17-9(4)15/h5-7H,1-4H3. The predicted octanol–water partition coefficient (Wildman–Crippen LogP) is 2.10. The topological polar surface area (TPSA) is 70.4 Å². The van der Waals surface area contributed by atoms with Gasteiger partial charge in [-0.2, -0.15) is 0 Å². The molecule has 1 aromatic heterocycles.